The second-order valence-electron chi connectivity index (χ2n) is 2.36. The Hall–Kier alpha value is -1.45. The van der Waals surface area contributed by atoms with Crippen LogP contribution in [0.1, 0.15) is 17.3 Å². The summed E-state index contributed by atoms with van der Waals surface area (Å²) < 4.78 is 12.6. The third-order valence-electron chi connectivity index (χ3n) is 1.47. The lowest BCUT2D eigenvalue weighted by Crippen LogP contribution is -2.03. The molecular weight excluding hydrogens is 159 g/mol. The molecule has 1 aromatic rings. The fourth-order valence-corrected chi connectivity index (χ4v) is 0.907. The lowest BCUT2D eigenvalue weighted by atomic mass is 10.2. The zero-order chi connectivity index (χ0) is 9.14. The van der Waals surface area contributed by atoms with Crippen molar-refractivity contribution in [2.75, 3.05) is 12.4 Å². The zero-order valence-corrected chi connectivity index (χ0v) is 6.89. The number of nitrogens with one attached hydrogen (secondary N) is 1. The van der Waals surface area contributed by atoms with Crippen LogP contribution in [0.2, 0.25) is 0 Å². The Labute approximate surface area is 69.6 Å². The summed E-state index contributed by atoms with van der Waals surface area (Å²) in [7, 11) is 1.63. The fourth-order valence-electron chi connectivity index (χ4n) is 0.907. The van der Waals surface area contributed by atoms with Crippen LogP contribution in [-0.4, -0.2) is 17.8 Å². The molecule has 12 heavy (non-hydrogen) atoms. The predicted octanol–water partition coefficient (Wildman–Crippen LogP) is 1.47. The number of halogens is 1. The smallest absolute Gasteiger partial charge is 0.163 e. The highest BCUT2D eigenvalue weighted by Gasteiger charge is 2.07. The molecule has 1 N–H and O–H groups in total. The van der Waals surface area contributed by atoms with Gasteiger partial charge in [0.2, 0.25) is 0 Å². The van der Waals surface area contributed by atoms with Gasteiger partial charge >= 0.3 is 0 Å². The lowest BCUT2D eigenvalue weighted by molar-refractivity contribution is 0.101. The highest BCUT2D eigenvalue weighted by molar-refractivity contribution is 5.98. The Bertz CT molecular complexity index is 312. The number of pyridine rings is 1. The van der Waals surface area contributed by atoms with E-state index in [1.54, 1.807) is 7.05 Å². The standard InChI is InChI=1S/C8H9FN2O/c1-5(12)7-3-6(9)4-11-8(7)10-2/h3-4H,1-2H3,(H,10,11). The van der Waals surface area contributed by atoms with Crippen LogP contribution in [0, 0.1) is 5.82 Å². The molecule has 0 saturated carbocycles. The minimum Gasteiger partial charge on any atom is -0.373 e. The Kier molecular flexibility index (Phi) is 2.38. The minimum atomic E-state index is -0.501. The lowest BCUT2D eigenvalue weighted by Gasteiger charge is -2.03. The van der Waals surface area contributed by atoms with Crippen molar-refractivity contribution in [1.29, 1.82) is 0 Å². The first kappa shape index (κ1) is 8.64. The molecule has 0 aliphatic carbocycles. The fraction of sp³-hybridized carbons (Fsp3) is 0.250. The van der Waals surface area contributed by atoms with Crippen LogP contribution in [0.4, 0.5) is 10.2 Å². The average Bonchev–Trinajstić information content (AvgIpc) is 2.04. The molecule has 0 radical (unpaired) electrons. The molecule has 1 rings (SSSR count). The molecule has 64 valence electrons. The van der Waals surface area contributed by atoms with E-state index in [-0.39, 0.29) is 11.3 Å². The number of anilines is 1. The van der Waals surface area contributed by atoms with Crippen LogP contribution < -0.4 is 5.32 Å². The van der Waals surface area contributed by atoms with Crippen molar-refractivity contribution < 1.29 is 9.18 Å². The van der Waals surface area contributed by atoms with E-state index >= 15 is 0 Å². The van der Waals surface area contributed by atoms with Crippen molar-refractivity contribution in [2.24, 2.45) is 0 Å². The third kappa shape index (κ3) is 1.58. The van der Waals surface area contributed by atoms with Crippen LogP contribution in [0.3, 0.4) is 0 Å². The molecule has 3 nitrogen and oxygen atoms in total. The van der Waals surface area contributed by atoms with E-state index in [4.69, 9.17) is 0 Å². The Morgan fingerprint density at radius 2 is 2.33 bits per heavy atom. The highest BCUT2D eigenvalue weighted by Crippen LogP contribution is 2.12. The summed E-state index contributed by atoms with van der Waals surface area (Å²) in [6.45, 7) is 1.37. The molecule has 0 spiro atoms. The van der Waals surface area contributed by atoms with Crippen molar-refractivity contribution in [1.82, 2.24) is 4.98 Å². The van der Waals surface area contributed by atoms with Crippen LogP contribution in [0.15, 0.2) is 12.3 Å². The highest BCUT2D eigenvalue weighted by atomic mass is 19.1. The van der Waals surface area contributed by atoms with Crippen molar-refractivity contribution >= 4 is 11.6 Å². The summed E-state index contributed by atoms with van der Waals surface area (Å²) in [6.07, 6.45) is 1.07. The molecule has 1 heterocycles. The van der Waals surface area contributed by atoms with Gasteiger partial charge < -0.3 is 5.32 Å². The maximum absolute atomic E-state index is 12.6. The average molecular weight is 168 g/mol. The number of ketones is 1. The molecule has 0 saturated heterocycles. The summed E-state index contributed by atoms with van der Waals surface area (Å²) in [5.74, 6) is -0.297. The molecule has 0 aromatic carbocycles. The van der Waals surface area contributed by atoms with Gasteiger partial charge in [0.1, 0.15) is 11.6 Å². The van der Waals surface area contributed by atoms with Crippen molar-refractivity contribution in [2.45, 2.75) is 6.92 Å². The SMILES string of the molecule is CNc1ncc(F)cc1C(C)=O. The monoisotopic (exact) mass is 168 g/mol. The van der Waals surface area contributed by atoms with E-state index in [9.17, 15) is 9.18 Å². The number of carbonyl (C=O) groups is 1. The van der Waals surface area contributed by atoms with Gasteiger partial charge in [-0.05, 0) is 13.0 Å². The van der Waals surface area contributed by atoms with Gasteiger partial charge in [-0.2, -0.15) is 0 Å². The van der Waals surface area contributed by atoms with Crippen LogP contribution in [-0.2, 0) is 0 Å². The molecule has 4 heteroatoms. The minimum absolute atomic E-state index is 0.202. The second-order valence-corrected chi connectivity index (χ2v) is 2.36. The molecule has 0 atom stereocenters. The van der Waals surface area contributed by atoms with Gasteiger partial charge in [-0.1, -0.05) is 0 Å². The number of carbonyl (C=O) groups excluding carboxylic acids is 1. The molecular formula is C8H9FN2O. The van der Waals surface area contributed by atoms with Gasteiger partial charge in [-0.15, -0.1) is 0 Å². The Morgan fingerprint density at radius 3 is 2.83 bits per heavy atom. The summed E-state index contributed by atoms with van der Waals surface area (Å²) in [4.78, 5) is 14.6. The molecule has 0 bridgehead atoms. The van der Waals surface area contributed by atoms with Gasteiger partial charge in [-0.25, -0.2) is 9.37 Å². The maximum Gasteiger partial charge on any atom is 0.163 e. The van der Waals surface area contributed by atoms with Crippen molar-refractivity contribution in [3.05, 3.63) is 23.6 Å². The normalized spacial score (nSPS) is 9.58. The van der Waals surface area contributed by atoms with Crippen LogP contribution in [0.5, 0.6) is 0 Å². The third-order valence-corrected chi connectivity index (χ3v) is 1.47. The number of Topliss-reactive ketones (excluding diaryl/α,β-unsaturated/α-hetero) is 1. The van der Waals surface area contributed by atoms with Gasteiger partial charge in [0.05, 0.1) is 11.8 Å². The number of hydrogen-bond donors (Lipinski definition) is 1. The van der Waals surface area contributed by atoms with Crippen molar-refractivity contribution in [3.63, 3.8) is 0 Å². The molecule has 0 aliphatic heterocycles. The van der Waals surface area contributed by atoms with Gasteiger partial charge in [0.25, 0.3) is 0 Å². The van der Waals surface area contributed by atoms with E-state index in [0.717, 1.165) is 6.20 Å². The van der Waals surface area contributed by atoms with E-state index in [1.807, 2.05) is 0 Å². The van der Waals surface area contributed by atoms with Gasteiger partial charge in [0, 0.05) is 7.05 Å². The van der Waals surface area contributed by atoms with E-state index in [1.165, 1.54) is 13.0 Å². The quantitative estimate of drug-likeness (QED) is 0.680. The molecule has 0 amide bonds. The van der Waals surface area contributed by atoms with Crippen LogP contribution >= 0.6 is 0 Å². The number of hydrogen-bond acceptors (Lipinski definition) is 3. The topological polar surface area (TPSA) is 42.0 Å². The number of nitrogens with zero attached hydrogens (tertiary/aromatic N) is 1. The zero-order valence-electron chi connectivity index (χ0n) is 6.89. The van der Waals surface area contributed by atoms with Crippen LogP contribution in [0.25, 0.3) is 0 Å². The first-order valence-corrected chi connectivity index (χ1v) is 3.49. The van der Waals surface area contributed by atoms with Crippen molar-refractivity contribution in [3.8, 4) is 0 Å². The number of aromatic nitrogens is 1. The number of rotatable bonds is 2. The summed E-state index contributed by atoms with van der Waals surface area (Å²) in [6, 6.07) is 1.17. The summed E-state index contributed by atoms with van der Waals surface area (Å²) >= 11 is 0. The molecule has 0 aliphatic rings. The van der Waals surface area contributed by atoms with Gasteiger partial charge in [-0.3, -0.25) is 4.79 Å². The summed E-state index contributed by atoms with van der Waals surface area (Å²) in [5.41, 5.74) is 0.275. The Morgan fingerprint density at radius 1 is 1.67 bits per heavy atom. The largest absolute Gasteiger partial charge is 0.373 e. The first-order valence-electron chi connectivity index (χ1n) is 3.49. The van der Waals surface area contributed by atoms with Gasteiger partial charge in [0.15, 0.2) is 5.78 Å². The summed E-state index contributed by atoms with van der Waals surface area (Å²) in [5, 5.41) is 2.71. The maximum atomic E-state index is 12.6. The predicted molar refractivity (Wildman–Crippen MR) is 43.7 cm³/mol. The first-order chi connectivity index (χ1) is 5.65. The second kappa shape index (κ2) is 3.30. The molecule has 0 unspecified atom stereocenters. The van der Waals surface area contributed by atoms with E-state index in [0.29, 0.717) is 5.82 Å². The Balaban J connectivity index is 3.21. The molecule has 0 fully saturated rings. The molecule has 1 aromatic heterocycles. The van der Waals surface area contributed by atoms with E-state index in [2.05, 4.69) is 10.3 Å². The van der Waals surface area contributed by atoms with E-state index < -0.39 is 5.82 Å².